The van der Waals surface area contributed by atoms with Crippen molar-refractivity contribution in [3.63, 3.8) is 0 Å². The van der Waals surface area contributed by atoms with Gasteiger partial charge in [-0.05, 0) is 13.0 Å². The Morgan fingerprint density at radius 1 is 1.56 bits per heavy atom. The molecule has 82 valence electrons. The van der Waals surface area contributed by atoms with Crippen LogP contribution >= 0.6 is 0 Å². The van der Waals surface area contributed by atoms with Crippen molar-refractivity contribution in [2.24, 2.45) is 0 Å². The zero-order chi connectivity index (χ0) is 11.7. The van der Waals surface area contributed by atoms with Crippen LogP contribution in [-0.2, 0) is 4.79 Å². The third-order valence-electron chi connectivity index (χ3n) is 1.86. The Morgan fingerprint density at radius 2 is 2.31 bits per heavy atom. The van der Waals surface area contributed by atoms with Crippen molar-refractivity contribution in [1.29, 1.82) is 0 Å². The molecular formula is C9H8N4O3. The number of aliphatic carboxylic acids is 1. The van der Waals surface area contributed by atoms with Crippen molar-refractivity contribution in [3.05, 3.63) is 34.0 Å². The SMILES string of the molecule is Cc1cc(=O)n2[nH]c(C=CC(=O)O)nc2n1. The molecule has 0 radical (unpaired) electrons. The second-order valence-electron chi connectivity index (χ2n) is 3.15. The highest BCUT2D eigenvalue weighted by atomic mass is 16.4. The fourth-order valence-electron chi connectivity index (χ4n) is 1.23. The second-order valence-corrected chi connectivity index (χ2v) is 3.15. The molecule has 0 aromatic carbocycles. The molecule has 0 aliphatic carbocycles. The van der Waals surface area contributed by atoms with Gasteiger partial charge in [0.2, 0.25) is 0 Å². The number of hydrogen-bond acceptors (Lipinski definition) is 4. The Morgan fingerprint density at radius 3 is 3.00 bits per heavy atom. The summed E-state index contributed by atoms with van der Waals surface area (Å²) < 4.78 is 1.15. The van der Waals surface area contributed by atoms with Crippen molar-refractivity contribution in [2.75, 3.05) is 0 Å². The maximum absolute atomic E-state index is 11.5. The van der Waals surface area contributed by atoms with Crippen LogP contribution in [0.1, 0.15) is 11.5 Å². The van der Waals surface area contributed by atoms with Gasteiger partial charge in [-0.25, -0.2) is 9.78 Å². The monoisotopic (exact) mass is 220 g/mol. The predicted molar refractivity (Wildman–Crippen MR) is 55.0 cm³/mol. The Balaban J connectivity index is 2.56. The number of fused-ring (bicyclic) bond motifs is 1. The Kier molecular flexibility index (Phi) is 2.28. The molecule has 0 amide bonds. The van der Waals surface area contributed by atoms with E-state index in [-0.39, 0.29) is 17.2 Å². The first kappa shape index (κ1) is 10.1. The number of aromatic nitrogens is 4. The molecule has 2 aromatic rings. The van der Waals surface area contributed by atoms with Gasteiger partial charge in [-0.1, -0.05) is 0 Å². The number of nitrogens with zero attached hydrogens (tertiary/aromatic N) is 3. The Bertz CT molecular complexity index is 638. The molecule has 0 aliphatic heterocycles. The van der Waals surface area contributed by atoms with Gasteiger partial charge in [0, 0.05) is 17.8 Å². The number of H-pyrrole nitrogens is 1. The summed E-state index contributed by atoms with van der Waals surface area (Å²) in [6, 6.07) is 1.36. The van der Waals surface area contributed by atoms with E-state index >= 15 is 0 Å². The molecule has 0 unspecified atom stereocenters. The van der Waals surface area contributed by atoms with Crippen molar-refractivity contribution in [1.82, 2.24) is 19.6 Å². The van der Waals surface area contributed by atoms with Crippen molar-refractivity contribution in [2.45, 2.75) is 6.92 Å². The molecule has 0 bridgehead atoms. The van der Waals surface area contributed by atoms with E-state index in [1.165, 1.54) is 12.1 Å². The van der Waals surface area contributed by atoms with Gasteiger partial charge in [0.05, 0.1) is 0 Å². The summed E-state index contributed by atoms with van der Waals surface area (Å²) in [5.41, 5.74) is 0.273. The van der Waals surface area contributed by atoms with Crippen molar-refractivity contribution < 1.29 is 9.90 Å². The number of rotatable bonds is 2. The molecule has 0 atom stereocenters. The zero-order valence-electron chi connectivity index (χ0n) is 8.34. The van der Waals surface area contributed by atoms with Crippen LogP contribution in [0.25, 0.3) is 11.9 Å². The fraction of sp³-hybridized carbons (Fsp3) is 0.111. The molecule has 7 heteroatoms. The maximum Gasteiger partial charge on any atom is 0.328 e. The van der Waals surface area contributed by atoms with Gasteiger partial charge in [0.1, 0.15) is 5.82 Å². The summed E-state index contributed by atoms with van der Waals surface area (Å²) in [5.74, 6) is -0.607. The molecule has 2 N–H and O–H groups in total. The first-order valence-corrected chi connectivity index (χ1v) is 4.44. The molecule has 0 saturated heterocycles. The Labute approximate surface area is 89.1 Å². The van der Waals surface area contributed by atoms with E-state index in [9.17, 15) is 9.59 Å². The standard InChI is InChI=1S/C9H8N4O3/c1-5-4-7(14)13-9(10-5)11-6(12-13)2-3-8(15)16/h2-4H,1H3,(H,15,16)(H,10,11,12). The van der Waals surface area contributed by atoms with Crippen LogP contribution in [0.4, 0.5) is 0 Å². The maximum atomic E-state index is 11.5. The van der Waals surface area contributed by atoms with Gasteiger partial charge in [-0.2, -0.15) is 9.50 Å². The fourth-order valence-corrected chi connectivity index (χ4v) is 1.23. The summed E-state index contributed by atoms with van der Waals surface area (Å²) in [5, 5.41) is 11.1. The molecule has 7 nitrogen and oxygen atoms in total. The highest BCUT2D eigenvalue weighted by Crippen LogP contribution is 1.98. The molecular weight excluding hydrogens is 212 g/mol. The van der Waals surface area contributed by atoms with E-state index in [0.717, 1.165) is 10.6 Å². The van der Waals surface area contributed by atoms with E-state index < -0.39 is 5.97 Å². The minimum Gasteiger partial charge on any atom is -0.478 e. The number of aryl methyl sites for hydroxylation is 1. The van der Waals surface area contributed by atoms with E-state index in [0.29, 0.717) is 5.69 Å². The molecule has 0 aliphatic rings. The van der Waals surface area contributed by atoms with E-state index in [2.05, 4.69) is 15.1 Å². The van der Waals surface area contributed by atoms with Crippen molar-refractivity contribution >= 4 is 17.8 Å². The van der Waals surface area contributed by atoms with Gasteiger partial charge in [0.25, 0.3) is 11.3 Å². The summed E-state index contributed by atoms with van der Waals surface area (Å²) in [6.45, 7) is 1.68. The summed E-state index contributed by atoms with van der Waals surface area (Å²) >= 11 is 0. The summed E-state index contributed by atoms with van der Waals surface area (Å²) in [6.07, 6.45) is 2.18. The smallest absolute Gasteiger partial charge is 0.328 e. The minimum absolute atomic E-state index is 0.218. The molecule has 2 aromatic heterocycles. The number of nitrogens with one attached hydrogen (secondary N) is 1. The van der Waals surface area contributed by atoms with Crippen molar-refractivity contribution in [3.8, 4) is 0 Å². The first-order chi connectivity index (χ1) is 7.56. The molecule has 0 saturated carbocycles. The molecule has 0 spiro atoms. The zero-order valence-corrected chi connectivity index (χ0v) is 8.34. The van der Waals surface area contributed by atoms with Gasteiger partial charge >= 0.3 is 5.97 Å². The summed E-state index contributed by atoms with van der Waals surface area (Å²) in [7, 11) is 0. The van der Waals surface area contributed by atoms with Crippen LogP contribution in [0.5, 0.6) is 0 Å². The lowest BCUT2D eigenvalue weighted by atomic mass is 10.5. The Hall–Kier alpha value is -2.44. The number of hydrogen-bond donors (Lipinski definition) is 2. The predicted octanol–water partition coefficient (Wildman–Crippen LogP) is -0.176. The molecule has 2 rings (SSSR count). The highest BCUT2D eigenvalue weighted by Gasteiger charge is 2.04. The van der Waals surface area contributed by atoms with Crippen LogP contribution in [0.15, 0.2) is 16.9 Å². The third kappa shape index (κ3) is 1.83. The normalized spacial score (nSPS) is 11.3. The third-order valence-corrected chi connectivity index (χ3v) is 1.86. The molecule has 0 fully saturated rings. The number of carbonyl (C=O) groups is 1. The molecule has 2 heterocycles. The number of carboxylic acids is 1. The van der Waals surface area contributed by atoms with Crippen LogP contribution in [0.2, 0.25) is 0 Å². The van der Waals surface area contributed by atoms with Crippen LogP contribution in [-0.4, -0.2) is 30.7 Å². The summed E-state index contributed by atoms with van der Waals surface area (Å²) in [4.78, 5) is 29.7. The minimum atomic E-state index is -1.09. The van der Waals surface area contributed by atoms with Gasteiger partial charge in [0.15, 0.2) is 0 Å². The molecule has 16 heavy (non-hydrogen) atoms. The van der Waals surface area contributed by atoms with Crippen LogP contribution in [0, 0.1) is 6.92 Å². The lowest BCUT2D eigenvalue weighted by Gasteiger charge is -1.90. The lowest BCUT2D eigenvalue weighted by Crippen LogP contribution is -2.14. The van der Waals surface area contributed by atoms with E-state index in [1.54, 1.807) is 6.92 Å². The van der Waals surface area contributed by atoms with Gasteiger partial charge in [-0.3, -0.25) is 9.89 Å². The lowest BCUT2D eigenvalue weighted by molar-refractivity contribution is -0.131. The van der Waals surface area contributed by atoms with E-state index in [1.807, 2.05) is 0 Å². The number of aromatic amines is 1. The highest BCUT2D eigenvalue weighted by molar-refractivity contribution is 5.84. The topological polar surface area (TPSA) is 100 Å². The second kappa shape index (κ2) is 3.61. The average Bonchev–Trinajstić information content (AvgIpc) is 2.57. The quantitative estimate of drug-likeness (QED) is 0.684. The largest absolute Gasteiger partial charge is 0.478 e. The van der Waals surface area contributed by atoms with Crippen LogP contribution < -0.4 is 5.56 Å². The number of carboxylic acid groups (broad SMARTS) is 1. The van der Waals surface area contributed by atoms with Crippen LogP contribution in [0.3, 0.4) is 0 Å². The van der Waals surface area contributed by atoms with Gasteiger partial charge < -0.3 is 5.11 Å². The average molecular weight is 220 g/mol. The van der Waals surface area contributed by atoms with Gasteiger partial charge in [-0.15, -0.1) is 0 Å². The first-order valence-electron chi connectivity index (χ1n) is 4.44. The van der Waals surface area contributed by atoms with E-state index in [4.69, 9.17) is 5.11 Å².